The van der Waals surface area contributed by atoms with E-state index in [1.807, 2.05) is 42.5 Å². The highest BCUT2D eigenvalue weighted by molar-refractivity contribution is 5.41. The van der Waals surface area contributed by atoms with Crippen molar-refractivity contribution in [2.45, 2.75) is 19.8 Å². The van der Waals surface area contributed by atoms with Gasteiger partial charge in [-0.05, 0) is 36.2 Å². The van der Waals surface area contributed by atoms with Crippen molar-refractivity contribution < 1.29 is 0 Å². The first-order valence-corrected chi connectivity index (χ1v) is 5.94. The maximum absolute atomic E-state index is 4.24. The van der Waals surface area contributed by atoms with Crippen LogP contribution in [0.2, 0.25) is 0 Å². The van der Waals surface area contributed by atoms with Crippen molar-refractivity contribution >= 4 is 11.4 Å². The average Bonchev–Trinajstić information content (AvgIpc) is 2.39. The minimum absolute atomic E-state index is 0.883. The zero-order chi connectivity index (χ0) is 11.9. The fraction of sp³-hybridized carbons (Fsp3) is 0.200. The number of aryl methyl sites for hydroxylation is 1. The number of azo groups is 1. The van der Waals surface area contributed by atoms with Gasteiger partial charge in [-0.15, -0.1) is 0 Å². The molecule has 0 aromatic heterocycles. The molecular formula is C15H16N2. The summed E-state index contributed by atoms with van der Waals surface area (Å²) in [4.78, 5) is 0. The van der Waals surface area contributed by atoms with Crippen LogP contribution in [0.5, 0.6) is 0 Å². The van der Waals surface area contributed by atoms with E-state index >= 15 is 0 Å². The maximum atomic E-state index is 4.24. The van der Waals surface area contributed by atoms with Gasteiger partial charge in [-0.3, -0.25) is 0 Å². The van der Waals surface area contributed by atoms with E-state index in [0.29, 0.717) is 0 Å². The van der Waals surface area contributed by atoms with Crippen molar-refractivity contribution in [1.29, 1.82) is 0 Å². The molecule has 0 spiro atoms. The average molecular weight is 224 g/mol. The van der Waals surface area contributed by atoms with Gasteiger partial charge in [0.1, 0.15) is 0 Å². The Bertz CT molecular complexity index is 489. The molecule has 0 aliphatic carbocycles. The summed E-state index contributed by atoms with van der Waals surface area (Å²) in [7, 11) is 0. The normalized spacial score (nSPS) is 10.9. The first-order valence-electron chi connectivity index (χ1n) is 5.94. The second-order valence-corrected chi connectivity index (χ2v) is 3.96. The lowest BCUT2D eigenvalue weighted by molar-refractivity contribution is 0.921. The largest absolute Gasteiger partial charge is 0.151 e. The fourth-order valence-electron chi connectivity index (χ4n) is 1.67. The lowest BCUT2D eigenvalue weighted by Gasteiger charge is -1.99. The van der Waals surface area contributed by atoms with E-state index in [-0.39, 0.29) is 0 Å². The van der Waals surface area contributed by atoms with E-state index in [0.717, 1.165) is 24.2 Å². The summed E-state index contributed by atoms with van der Waals surface area (Å²) < 4.78 is 0. The summed E-state index contributed by atoms with van der Waals surface area (Å²) in [6, 6.07) is 18.0. The summed E-state index contributed by atoms with van der Waals surface area (Å²) >= 11 is 0. The molecule has 0 unspecified atom stereocenters. The van der Waals surface area contributed by atoms with Crippen molar-refractivity contribution in [3.8, 4) is 0 Å². The number of rotatable bonds is 4. The van der Waals surface area contributed by atoms with E-state index in [4.69, 9.17) is 0 Å². The molecule has 0 amide bonds. The van der Waals surface area contributed by atoms with E-state index < -0.39 is 0 Å². The van der Waals surface area contributed by atoms with Crippen LogP contribution in [-0.2, 0) is 6.42 Å². The number of nitrogens with zero attached hydrogens (tertiary/aromatic N) is 2. The monoisotopic (exact) mass is 224 g/mol. The number of hydrogen-bond acceptors (Lipinski definition) is 2. The molecule has 0 fully saturated rings. The van der Waals surface area contributed by atoms with Crippen molar-refractivity contribution in [3.05, 3.63) is 60.2 Å². The Balaban J connectivity index is 2.13. The smallest absolute Gasteiger partial charge is 0.0859 e. The Morgan fingerprint density at radius 2 is 1.53 bits per heavy atom. The Morgan fingerprint density at radius 3 is 2.29 bits per heavy atom. The van der Waals surface area contributed by atoms with E-state index in [9.17, 15) is 0 Å². The predicted molar refractivity (Wildman–Crippen MR) is 71.1 cm³/mol. The molecule has 0 aliphatic heterocycles. The van der Waals surface area contributed by atoms with Crippen molar-refractivity contribution in [2.75, 3.05) is 0 Å². The highest BCUT2D eigenvalue weighted by atomic mass is 15.1. The lowest BCUT2D eigenvalue weighted by Crippen LogP contribution is -1.80. The van der Waals surface area contributed by atoms with Crippen LogP contribution in [0, 0.1) is 0 Å². The van der Waals surface area contributed by atoms with Crippen molar-refractivity contribution in [2.24, 2.45) is 10.2 Å². The molecule has 0 heterocycles. The number of hydrogen-bond donors (Lipinski definition) is 0. The van der Waals surface area contributed by atoms with Gasteiger partial charge >= 0.3 is 0 Å². The highest BCUT2D eigenvalue weighted by Crippen LogP contribution is 2.19. The van der Waals surface area contributed by atoms with Gasteiger partial charge in [0, 0.05) is 0 Å². The molecule has 0 N–H and O–H groups in total. The Kier molecular flexibility index (Phi) is 4.03. The summed E-state index contributed by atoms with van der Waals surface area (Å²) in [6.45, 7) is 2.18. The second-order valence-electron chi connectivity index (χ2n) is 3.96. The van der Waals surface area contributed by atoms with Crippen LogP contribution in [0.15, 0.2) is 64.8 Å². The Morgan fingerprint density at radius 1 is 0.824 bits per heavy atom. The molecule has 17 heavy (non-hydrogen) atoms. The SMILES string of the molecule is CCCc1cccc(N=Nc2ccccc2)c1. The third-order valence-corrected chi connectivity index (χ3v) is 2.49. The van der Waals surface area contributed by atoms with Gasteiger partial charge in [0.2, 0.25) is 0 Å². The summed E-state index contributed by atoms with van der Waals surface area (Å²) in [5, 5.41) is 8.45. The van der Waals surface area contributed by atoms with Gasteiger partial charge in [-0.1, -0.05) is 43.7 Å². The molecule has 0 saturated heterocycles. The minimum Gasteiger partial charge on any atom is -0.151 e. The van der Waals surface area contributed by atoms with E-state index in [1.54, 1.807) is 0 Å². The molecule has 0 saturated carbocycles. The van der Waals surface area contributed by atoms with Crippen LogP contribution in [-0.4, -0.2) is 0 Å². The van der Waals surface area contributed by atoms with Crippen LogP contribution in [0.4, 0.5) is 11.4 Å². The standard InChI is InChI=1S/C15H16N2/c1-2-7-13-8-6-11-15(12-13)17-16-14-9-4-3-5-10-14/h3-6,8-12H,2,7H2,1H3. The maximum Gasteiger partial charge on any atom is 0.0859 e. The van der Waals surface area contributed by atoms with Gasteiger partial charge in [0.25, 0.3) is 0 Å². The first-order chi connectivity index (χ1) is 8.38. The molecular weight excluding hydrogens is 208 g/mol. The second kappa shape index (κ2) is 5.94. The number of benzene rings is 2. The lowest BCUT2D eigenvalue weighted by atomic mass is 10.1. The van der Waals surface area contributed by atoms with Crippen LogP contribution in [0.3, 0.4) is 0 Å². The predicted octanol–water partition coefficient (Wildman–Crippen LogP) is 5.05. The minimum atomic E-state index is 0.883. The van der Waals surface area contributed by atoms with Crippen LogP contribution in [0.1, 0.15) is 18.9 Å². The summed E-state index contributed by atoms with van der Waals surface area (Å²) in [5.41, 5.74) is 3.12. The molecule has 86 valence electrons. The molecule has 2 nitrogen and oxygen atoms in total. The Hall–Kier alpha value is -1.96. The van der Waals surface area contributed by atoms with Crippen LogP contribution < -0.4 is 0 Å². The van der Waals surface area contributed by atoms with E-state index in [1.165, 1.54) is 5.56 Å². The molecule has 0 radical (unpaired) electrons. The molecule has 0 bridgehead atoms. The quantitative estimate of drug-likeness (QED) is 0.649. The summed E-state index contributed by atoms with van der Waals surface area (Å²) in [6.07, 6.45) is 2.24. The topological polar surface area (TPSA) is 24.7 Å². The van der Waals surface area contributed by atoms with Gasteiger partial charge in [0.15, 0.2) is 0 Å². The molecule has 0 aliphatic rings. The zero-order valence-electron chi connectivity index (χ0n) is 10.0. The molecule has 0 atom stereocenters. The van der Waals surface area contributed by atoms with Crippen LogP contribution in [0.25, 0.3) is 0 Å². The highest BCUT2D eigenvalue weighted by Gasteiger charge is 1.94. The van der Waals surface area contributed by atoms with Gasteiger partial charge < -0.3 is 0 Å². The molecule has 2 aromatic carbocycles. The zero-order valence-corrected chi connectivity index (χ0v) is 10.0. The fourth-order valence-corrected chi connectivity index (χ4v) is 1.67. The third kappa shape index (κ3) is 3.52. The van der Waals surface area contributed by atoms with Gasteiger partial charge in [-0.25, -0.2) is 0 Å². The first kappa shape index (κ1) is 11.5. The van der Waals surface area contributed by atoms with Crippen LogP contribution >= 0.6 is 0 Å². The molecule has 2 aromatic rings. The van der Waals surface area contributed by atoms with Gasteiger partial charge in [-0.2, -0.15) is 10.2 Å². The summed E-state index contributed by atoms with van der Waals surface area (Å²) in [5.74, 6) is 0. The third-order valence-electron chi connectivity index (χ3n) is 2.49. The van der Waals surface area contributed by atoms with Crippen molar-refractivity contribution in [3.63, 3.8) is 0 Å². The van der Waals surface area contributed by atoms with Gasteiger partial charge in [0.05, 0.1) is 11.4 Å². The Labute approximate surface area is 102 Å². The van der Waals surface area contributed by atoms with E-state index in [2.05, 4.69) is 29.3 Å². The van der Waals surface area contributed by atoms with Crippen molar-refractivity contribution in [1.82, 2.24) is 0 Å². The molecule has 2 rings (SSSR count). The molecule has 2 heteroatoms.